The van der Waals surface area contributed by atoms with Gasteiger partial charge in [0.2, 0.25) is 0 Å². The summed E-state index contributed by atoms with van der Waals surface area (Å²) in [4.78, 5) is 11.4. The quantitative estimate of drug-likeness (QED) is 0.640. The second-order valence-electron chi connectivity index (χ2n) is 4.63. The fraction of sp³-hybridized carbons (Fsp3) is 0.333. The van der Waals surface area contributed by atoms with E-state index in [1.54, 1.807) is 6.21 Å². The number of hydrazone groups is 1. The highest BCUT2D eigenvalue weighted by Crippen LogP contribution is 2.08. The van der Waals surface area contributed by atoms with Crippen LogP contribution < -0.4 is 10.7 Å². The van der Waals surface area contributed by atoms with Gasteiger partial charge in [-0.1, -0.05) is 28.1 Å². The molecule has 0 radical (unpaired) electrons. The molecule has 4 nitrogen and oxygen atoms in total. The van der Waals surface area contributed by atoms with Crippen molar-refractivity contribution in [3.63, 3.8) is 0 Å². The smallest absolute Gasteiger partial charge is 0.332 e. The van der Waals surface area contributed by atoms with Gasteiger partial charge in [-0.3, -0.25) is 0 Å². The largest absolute Gasteiger partial charge is 0.335 e. The molecular weight excluding hydrogens is 282 g/mol. The molecule has 1 rings (SSSR count). The normalized spacial score (nSPS) is 11.5. The standard InChI is InChI=1S/C12H16BrN3O/c1-12(2,3)15-11(17)16-14-8-9-4-6-10(13)7-5-9/h4-8H,1-3H3,(H2,15,16,17)/b14-8+. The average molecular weight is 298 g/mol. The second kappa shape index (κ2) is 5.82. The molecule has 92 valence electrons. The number of rotatable bonds is 2. The number of nitrogens with zero attached hydrogens (tertiary/aromatic N) is 1. The van der Waals surface area contributed by atoms with Gasteiger partial charge in [-0.25, -0.2) is 10.2 Å². The fourth-order valence-corrected chi connectivity index (χ4v) is 1.35. The summed E-state index contributed by atoms with van der Waals surface area (Å²) >= 11 is 3.35. The first-order valence-electron chi connectivity index (χ1n) is 5.23. The van der Waals surface area contributed by atoms with Crippen molar-refractivity contribution in [2.24, 2.45) is 5.10 Å². The van der Waals surface area contributed by atoms with Crippen LogP contribution in [-0.2, 0) is 0 Å². The van der Waals surface area contributed by atoms with Crippen molar-refractivity contribution < 1.29 is 4.79 Å². The van der Waals surface area contributed by atoms with Crippen LogP contribution in [0.3, 0.4) is 0 Å². The number of carbonyl (C=O) groups is 1. The van der Waals surface area contributed by atoms with Gasteiger partial charge < -0.3 is 5.32 Å². The third-order valence-electron chi connectivity index (χ3n) is 1.74. The Hall–Kier alpha value is -1.36. The minimum atomic E-state index is -0.314. The Morgan fingerprint density at radius 3 is 2.41 bits per heavy atom. The van der Waals surface area contributed by atoms with Crippen LogP contribution in [0.2, 0.25) is 0 Å². The number of hydrogen-bond acceptors (Lipinski definition) is 2. The number of benzene rings is 1. The summed E-state index contributed by atoms with van der Waals surface area (Å²) in [5.41, 5.74) is 3.06. The first kappa shape index (κ1) is 13.7. The van der Waals surface area contributed by atoms with Crippen molar-refractivity contribution in [3.05, 3.63) is 34.3 Å². The van der Waals surface area contributed by atoms with Crippen LogP contribution in [0.25, 0.3) is 0 Å². The van der Waals surface area contributed by atoms with Gasteiger partial charge in [0.15, 0.2) is 0 Å². The van der Waals surface area contributed by atoms with Crippen LogP contribution in [0.4, 0.5) is 4.79 Å². The maximum atomic E-state index is 11.4. The van der Waals surface area contributed by atoms with Crippen molar-refractivity contribution in [1.82, 2.24) is 10.7 Å². The lowest BCUT2D eigenvalue weighted by molar-refractivity contribution is 0.232. The predicted molar refractivity (Wildman–Crippen MR) is 73.2 cm³/mol. The van der Waals surface area contributed by atoms with Crippen LogP contribution in [-0.4, -0.2) is 17.8 Å². The lowest BCUT2D eigenvalue weighted by atomic mass is 10.1. The van der Waals surface area contributed by atoms with E-state index in [1.165, 1.54) is 0 Å². The molecule has 2 N–H and O–H groups in total. The minimum absolute atomic E-state index is 0.267. The highest BCUT2D eigenvalue weighted by molar-refractivity contribution is 9.10. The van der Waals surface area contributed by atoms with Crippen molar-refractivity contribution in [2.75, 3.05) is 0 Å². The molecule has 0 aromatic heterocycles. The van der Waals surface area contributed by atoms with E-state index in [-0.39, 0.29) is 11.6 Å². The molecule has 0 spiro atoms. The number of halogens is 1. The molecule has 0 atom stereocenters. The molecule has 0 aliphatic heterocycles. The third kappa shape index (κ3) is 6.06. The molecule has 1 aromatic rings. The zero-order valence-electron chi connectivity index (χ0n) is 10.1. The Balaban J connectivity index is 2.45. The molecule has 0 heterocycles. The Morgan fingerprint density at radius 1 is 1.29 bits per heavy atom. The van der Waals surface area contributed by atoms with Gasteiger partial charge >= 0.3 is 6.03 Å². The summed E-state index contributed by atoms with van der Waals surface area (Å²) in [7, 11) is 0. The van der Waals surface area contributed by atoms with E-state index in [4.69, 9.17) is 0 Å². The van der Waals surface area contributed by atoms with Crippen molar-refractivity contribution in [3.8, 4) is 0 Å². The molecule has 1 aromatic carbocycles. The molecule has 0 saturated carbocycles. The minimum Gasteiger partial charge on any atom is -0.332 e. The third-order valence-corrected chi connectivity index (χ3v) is 2.27. The predicted octanol–water partition coefficient (Wildman–Crippen LogP) is 2.88. The van der Waals surface area contributed by atoms with Gasteiger partial charge in [-0.2, -0.15) is 5.10 Å². The van der Waals surface area contributed by atoms with Crippen LogP contribution >= 0.6 is 15.9 Å². The second-order valence-corrected chi connectivity index (χ2v) is 5.54. The lowest BCUT2D eigenvalue weighted by Crippen LogP contribution is -2.44. The maximum absolute atomic E-state index is 11.4. The van der Waals surface area contributed by atoms with E-state index in [0.29, 0.717) is 0 Å². The summed E-state index contributed by atoms with van der Waals surface area (Å²) in [6.45, 7) is 5.72. The van der Waals surface area contributed by atoms with E-state index < -0.39 is 0 Å². The Kier molecular flexibility index (Phi) is 4.69. The van der Waals surface area contributed by atoms with Crippen LogP contribution in [0.5, 0.6) is 0 Å². The molecule has 0 aliphatic carbocycles. The summed E-state index contributed by atoms with van der Waals surface area (Å²) in [5, 5.41) is 6.60. The molecule has 2 amide bonds. The van der Waals surface area contributed by atoms with Gasteiger partial charge in [-0.15, -0.1) is 0 Å². The Labute approximate surface area is 110 Å². The SMILES string of the molecule is CC(C)(C)NC(=O)N/N=C/c1ccc(Br)cc1. The number of carbonyl (C=O) groups excluding carboxylic acids is 1. The highest BCUT2D eigenvalue weighted by Gasteiger charge is 2.12. The van der Waals surface area contributed by atoms with Crippen LogP contribution in [0.15, 0.2) is 33.8 Å². The van der Waals surface area contributed by atoms with Gasteiger partial charge in [0.25, 0.3) is 0 Å². The van der Waals surface area contributed by atoms with Crippen molar-refractivity contribution >= 4 is 28.2 Å². The summed E-state index contributed by atoms with van der Waals surface area (Å²) in [6, 6.07) is 7.31. The zero-order chi connectivity index (χ0) is 12.9. The van der Waals surface area contributed by atoms with Crippen LogP contribution in [0, 0.1) is 0 Å². The molecule has 0 bridgehead atoms. The molecule has 17 heavy (non-hydrogen) atoms. The van der Waals surface area contributed by atoms with Gasteiger partial charge in [-0.05, 0) is 38.5 Å². The number of nitrogens with one attached hydrogen (secondary N) is 2. The van der Waals surface area contributed by atoms with E-state index in [2.05, 4.69) is 31.8 Å². The molecule has 0 fully saturated rings. The number of amides is 2. The fourth-order valence-electron chi connectivity index (χ4n) is 1.08. The van der Waals surface area contributed by atoms with Gasteiger partial charge in [0.05, 0.1) is 6.21 Å². The van der Waals surface area contributed by atoms with E-state index in [0.717, 1.165) is 10.0 Å². The Bertz CT molecular complexity index is 407. The number of hydrogen-bond donors (Lipinski definition) is 2. The molecule has 0 unspecified atom stereocenters. The van der Waals surface area contributed by atoms with E-state index in [1.807, 2.05) is 45.0 Å². The summed E-state index contributed by atoms with van der Waals surface area (Å²) in [5.74, 6) is 0. The van der Waals surface area contributed by atoms with Crippen molar-refractivity contribution in [1.29, 1.82) is 0 Å². The summed E-state index contributed by atoms with van der Waals surface area (Å²) in [6.07, 6.45) is 1.59. The number of urea groups is 1. The molecule has 0 aliphatic rings. The lowest BCUT2D eigenvalue weighted by Gasteiger charge is -2.19. The molecular formula is C12H16BrN3O. The maximum Gasteiger partial charge on any atom is 0.335 e. The highest BCUT2D eigenvalue weighted by atomic mass is 79.9. The average Bonchev–Trinajstić information content (AvgIpc) is 2.18. The molecule has 5 heteroatoms. The summed E-state index contributed by atoms with van der Waals surface area (Å²) < 4.78 is 1.01. The molecule has 0 saturated heterocycles. The first-order valence-corrected chi connectivity index (χ1v) is 6.03. The van der Waals surface area contributed by atoms with Crippen molar-refractivity contribution in [2.45, 2.75) is 26.3 Å². The zero-order valence-corrected chi connectivity index (χ0v) is 11.7. The monoisotopic (exact) mass is 297 g/mol. The topological polar surface area (TPSA) is 53.5 Å². The Morgan fingerprint density at radius 2 is 1.88 bits per heavy atom. The van der Waals surface area contributed by atoms with E-state index in [9.17, 15) is 4.79 Å². The van der Waals surface area contributed by atoms with Crippen LogP contribution in [0.1, 0.15) is 26.3 Å². The first-order chi connectivity index (χ1) is 7.87. The van der Waals surface area contributed by atoms with Gasteiger partial charge in [0.1, 0.15) is 0 Å². The van der Waals surface area contributed by atoms with Gasteiger partial charge in [0, 0.05) is 10.0 Å². The van der Waals surface area contributed by atoms with E-state index >= 15 is 0 Å².